The van der Waals surface area contributed by atoms with Crippen LogP contribution in [0.5, 0.6) is 0 Å². The Morgan fingerprint density at radius 3 is 2.57 bits per heavy atom. The van der Waals surface area contributed by atoms with Crippen molar-refractivity contribution in [1.82, 2.24) is 20.2 Å². The summed E-state index contributed by atoms with van der Waals surface area (Å²) in [6.45, 7) is 3.81. The van der Waals surface area contributed by atoms with Crippen LogP contribution in [-0.4, -0.2) is 31.2 Å². The van der Waals surface area contributed by atoms with Crippen LogP contribution >= 0.6 is 0 Å². The number of benzene rings is 1. The van der Waals surface area contributed by atoms with E-state index in [2.05, 4.69) is 15.5 Å². The molecule has 3 aromatic rings. The molecular weight excluding hydrogens is 303 g/mol. The van der Waals surface area contributed by atoms with Gasteiger partial charge in [-0.05, 0) is 38.1 Å². The molecule has 0 spiro atoms. The summed E-state index contributed by atoms with van der Waals surface area (Å²) in [6, 6.07) is 5.50. The highest BCUT2D eigenvalue weighted by atomic mass is 19.1. The van der Waals surface area contributed by atoms with Crippen LogP contribution in [0.4, 0.5) is 4.39 Å². The highest BCUT2D eigenvalue weighted by Crippen LogP contribution is 2.25. The van der Waals surface area contributed by atoms with Gasteiger partial charge in [-0.2, -0.15) is 0 Å². The quantitative estimate of drug-likeness (QED) is 0.794. The molecule has 23 heavy (non-hydrogen) atoms. The van der Waals surface area contributed by atoms with E-state index in [0.717, 1.165) is 5.56 Å². The van der Waals surface area contributed by atoms with Crippen LogP contribution in [0.1, 0.15) is 27.5 Å². The smallest absolute Gasteiger partial charge is 0.358 e. The maximum absolute atomic E-state index is 13.1. The van der Waals surface area contributed by atoms with Gasteiger partial charge in [-0.25, -0.2) is 13.9 Å². The summed E-state index contributed by atoms with van der Waals surface area (Å²) < 4.78 is 19.7. The predicted octanol–water partition coefficient (Wildman–Crippen LogP) is 2.44. The molecule has 0 amide bonds. The fourth-order valence-electron chi connectivity index (χ4n) is 2.34. The molecule has 0 aliphatic carbocycles. The van der Waals surface area contributed by atoms with Crippen LogP contribution in [-0.2, 0) is 6.54 Å². The monoisotopic (exact) mass is 316 g/mol. The molecule has 1 aromatic carbocycles. The van der Waals surface area contributed by atoms with Crippen molar-refractivity contribution in [3.05, 3.63) is 52.8 Å². The summed E-state index contributed by atoms with van der Waals surface area (Å²) >= 11 is 0. The zero-order valence-electron chi connectivity index (χ0n) is 12.4. The Balaban J connectivity index is 2.11. The topological polar surface area (TPSA) is 94.0 Å². The molecule has 2 aromatic heterocycles. The Morgan fingerprint density at radius 2 is 2.00 bits per heavy atom. The van der Waals surface area contributed by atoms with Gasteiger partial charge < -0.3 is 9.63 Å². The van der Waals surface area contributed by atoms with Crippen molar-refractivity contribution in [2.24, 2.45) is 0 Å². The first-order valence-corrected chi connectivity index (χ1v) is 6.82. The largest absolute Gasteiger partial charge is 0.476 e. The van der Waals surface area contributed by atoms with Gasteiger partial charge in [-0.3, -0.25) is 0 Å². The Hall–Kier alpha value is -3.03. The average Bonchev–Trinajstić information content (AvgIpc) is 3.07. The fraction of sp³-hybridized carbons (Fsp3) is 0.200. The van der Waals surface area contributed by atoms with Crippen LogP contribution in [0.25, 0.3) is 11.3 Å². The lowest BCUT2D eigenvalue weighted by atomic mass is 10.1. The van der Waals surface area contributed by atoms with Gasteiger partial charge in [0.05, 0.1) is 12.2 Å². The van der Waals surface area contributed by atoms with E-state index in [1.807, 2.05) is 0 Å². The molecule has 7 nitrogen and oxygen atoms in total. The van der Waals surface area contributed by atoms with Crippen molar-refractivity contribution in [2.45, 2.75) is 20.4 Å². The van der Waals surface area contributed by atoms with Gasteiger partial charge >= 0.3 is 5.97 Å². The van der Waals surface area contributed by atoms with Crippen LogP contribution in [0.15, 0.2) is 28.8 Å². The summed E-state index contributed by atoms with van der Waals surface area (Å²) in [7, 11) is 0. The van der Waals surface area contributed by atoms with E-state index in [1.54, 1.807) is 13.8 Å². The number of carboxylic acid groups (broad SMARTS) is 1. The predicted molar refractivity (Wildman–Crippen MR) is 77.5 cm³/mol. The van der Waals surface area contributed by atoms with E-state index < -0.39 is 11.8 Å². The summed E-state index contributed by atoms with van der Waals surface area (Å²) in [6.07, 6.45) is 0. The minimum Gasteiger partial charge on any atom is -0.476 e. The second-order valence-electron chi connectivity index (χ2n) is 5.06. The van der Waals surface area contributed by atoms with Gasteiger partial charge in [0.1, 0.15) is 17.3 Å². The van der Waals surface area contributed by atoms with Gasteiger partial charge in [0, 0.05) is 11.1 Å². The van der Waals surface area contributed by atoms with Crippen molar-refractivity contribution < 1.29 is 18.8 Å². The van der Waals surface area contributed by atoms with Crippen molar-refractivity contribution in [3.63, 3.8) is 0 Å². The average molecular weight is 316 g/mol. The van der Waals surface area contributed by atoms with Crippen LogP contribution in [0.3, 0.4) is 0 Å². The number of aryl methyl sites for hydroxylation is 2. The molecule has 0 atom stereocenters. The SMILES string of the molecule is Cc1noc(C)c1Cn1nnc(C(=O)O)c1-c1ccc(F)cc1. The number of hydrogen-bond acceptors (Lipinski definition) is 5. The normalized spacial score (nSPS) is 10.9. The zero-order valence-corrected chi connectivity index (χ0v) is 12.4. The number of rotatable bonds is 4. The van der Waals surface area contributed by atoms with Crippen molar-refractivity contribution >= 4 is 5.97 Å². The molecule has 3 rings (SSSR count). The number of carboxylic acids is 1. The molecule has 0 aliphatic heterocycles. The minimum atomic E-state index is -1.20. The Kier molecular flexibility index (Phi) is 3.65. The molecule has 0 unspecified atom stereocenters. The van der Waals surface area contributed by atoms with Crippen molar-refractivity contribution in [1.29, 1.82) is 0 Å². The van der Waals surface area contributed by atoms with Gasteiger partial charge in [-0.15, -0.1) is 5.10 Å². The van der Waals surface area contributed by atoms with Crippen LogP contribution < -0.4 is 0 Å². The zero-order chi connectivity index (χ0) is 16.6. The van der Waals surface area contributed by atoms with Gasteiger partial charge in [0.25, 0.3) is 0 Å². The minimum absolute atomic E-state index is 0.191. The number of nitrogens with zero attached hydrogens (tertiary/aromatic N) is 4. The number of halogens is 1. The van der Waals surface area contributed by atoms with E-state index in [-0.39, 0.29) is 12.2 Å². The third-order valence-electron chi connectivity index (χ3n) is 3.54. The number of aromatic nitrogens is 4. The standard InChI is InChI=1S/C15H13FN4O3/c1-8-12(9(2)23-18-8)7-20-14(13(15(21)22)17-19-20)10-3-5-11(16)6-4-10/h3-6H,7H2,1-2H3,(H,21,22). The second-order valence-corrected chi connectivity index (χ2v) is 5.06. The molecule has 0 bridgehead atoms. The molecule has 1 N–H and O–H groups in total. The summed E-state index contributed by atoms with van der Waals surface area (Å²) in [5, 5.41) is 20.8. The van der Waals surface area contributed by atoms with E-state index in [9.17, 15) is 14.3 Å². The van der Waals surface area contributed by atoms with Crippen molar-refractivity contribution in [2.75, 3.05) is 0 Å². The molecular formula is C15H13FN4O3. The fourth-order valence-corrected chi connectivity index (χ4v) is 2.34. The molecule has 0 fully saturated rings. The first-order chi connectivity index (χ1) is 11.0. The Morgan fingerprint density at radius 1 is 1.30 bits per heavy atom. The lowest BCUT2D eigenvalue weighted by Gasteiger charge is -2.07. The third kappa shape index (κ3) is 2.70. The number of aromatic carboxylic acids is 1. The highest BCUT2D eigenvalue weighted by Gasteiger charge is 2.22. The molecule has 0 saturated carbocycles. The van der Waals surface area contributed by atoms with Crippen LogP contribution in [0, 0.1) is 19.7 Å². The van der Waals surface area contributed by atoms with E-state index >= 15 is 0 Å². The lowest BCUT2D eigenvalue weighted by molar-refractivity contribution is 0.0691. The van der Waals surface area contributed by atoms with E-state index in [4.69, 9.17) is 4.52 Å². The molecule has 0 saturated heterocycles. The highest BCUT2D eigenvalue weighted by molar-refractivity contribution is 5.92. The molecule has 8 heteroatoms. The maximum atomic E-state index is 13.1. The number of carbonyl (C=O) groups is 1. The Labute approximate surface area is 130 Å². The molecule has 0 aliphatic rings. The lowest BCUT2D eigenvalue weighted by Crippen LogP contribution is -2.07. The first kappa shape index (κ1) is 14.9. The third-order valence-corrected chi connectivity index (χ3v) is 3.54. The van der Waals surface area contributed by atoms with Crippen LogP contribution in [0.2, 0.25) is 0 Å². The van der Waals surface area contributed by atoms with Gasteiger partial charge in [0.2, 0.25) is 0 Å². The summed E-state index contributed by atoms with van der Waals surface area (Å²) in [5.41, 5.74) is 2.12. The Bertz CT molecular complexity index is 848. The van der Waals surface area contributed by atoms with E-state index in [1.165, 1.54) is 28.9 Å². The van der Waals surface area contributed by atoms with Crippen molar-refractivity contribution in [3.8, 4) is 11.3 Å². The summed E-state index contributed by atoms with van der Waals surface area (Å²) in [5.74, 6) is -0.982. The van der Waals surface area contributed by atoms with Gasteiger partial charge in [-0.1, -0.05) is 10.4 Å². The maximum Gasteiger partial charge on any atom is 0.358 e. The summed E-state index contributed by atoms with van der Waals surface area (Å²) in [4.78, 5) is 11.4. The first-order valence-electron chi connectivity index (χ1n) is 6.82. The molecule has 0 radical (unpaired) electrons. The van der Waals surface area contributed by atoms with E-state index in [0.29, 0.717) is 22.7 Å². The second kappa shape index (κ2) is 5.64. The van der Waals surface area contributed by atoms with Gasteiger partial charge in [0.15, 0.2) is 5.69 Å². The number of hydrogen-bond donors (Lipinski definition) is 1. The molecule has 118 valence electrons. The molecule has 2 heterocycles.